The first-order chi connectivity index (χ1) is 34.7. The third kappa shape index (κ3) is 6.27. The van der Waals surface area contributed by atoms with Crippen LogP contribution in [0.25, 0.3) is 55.3 Å². The first-order valence-electron chi connectivity index (χ1n) is 24.9. The van der Waals surface area contributed by atoms with Crippen molar-refractivity contribution in [3.63, 3.8) is 0 Å². The Balaban J connectivity index is 0.992. The summed E-state index contributed by atoms with van der Waals surface area (Å²) in [4.78, 5) is 5.07. The summed E-state index contributed by atoms with van der Waals surface area (Å²) in [7, 11) is 0. The van der Waals surface area contributed by atoms with Crippen LogP contribution in [-0.4, -0.2) is 0 Å². The van der Waals surface area contributed by atoms with E-state index in [1.807, 2.05) is 0 Å². The second kappa shape index (κ2) is 16.4. The first kappa shape index (κ1) is 40.6. The monoisotopic (exact) mass is 898 g/mol. The molecule has 0 bridgehead atoms. The molecular formula is C67H50N2O. The van der Waals surface area contributed by atoms with E-state index in [1.165, 1.54) is 91.2 Å². The van der Waals surface area contributed by atoms with Gasteiger partial charge in [0.25, 0.3) is 0 Å². The number of rotatable bonds is 9. The Labute approximate surface area is 409 Å². The first-order valence-corrected chi connectivity index (χ1v) is 24.9. The van der Waals surface area contributed by atoms with Crippen molar-refractivity contribution in [3.05, 3.63) is 265 Å². The smallest absolute Gasteiger partial charge is 0.137 e. The molecule has 1 heterocycles. The highest BCUT2D eigenvalue weighted by Crippen LogP contribution is 2.69. The number of hydrogen-bond donors (Lipinski definition) is 0. The van der Waals surface area contributed by atoms with Crippen LogP contribution >= 0.6 is 0 Å². The molecule has 11 aromatic rings. The highest BCUT2D eigenvalue weighted by Gasteiger charge is 2.62. The van der Waals surface area contributed by atoms with Crippen LogP contribution in [0.4, 0.5) is 34.1 Å². The molecule has 10 aromatic carbocycles. The van der Waals surface area contributed by atoms with Gasteiger partial charge in [-0.25, -0.2) is 0 Å². The van der Waals surface area contributed by atoms with Gasteiger partial charge in [-0.1, -0.05) is 170 Å². The molecule has 0 radical (unpaired) electrons. The fourth-order valence-corrected chi connectivity index (χ4v) is 13.3. The quantitative estimate of drug-likeness (QED) is 0.144. The maximum atomic E-state index is 6.67. The number of benzene rings is 10. The number of furan rings is 1. The summed E-state index contributed by atoms with van der Waals surface area (Å²) in [5.74, 6) is 0.967. The summed E-state index contributed by atoms with van der Waals surface area (Å²) >= 11 is 0. The highest BCUT2D eigenvalue weighted by molar-refractivity contribution is 6.06. The molecule has 3 unspecified atom stereocenters. The maximum absolute atomic E-state index is 6.67. The Morgan fingerprint density at radius 3 is 1.39 bits per heavy atom. The number of nitrogens with zero attached hydrogens (tertiary/aromatic N) is 2. The van der Waals surface area contributed by atoms with Gasteiger partial charge in [0.1, 0.15) is 11.2 Å². The van der Waals surface area contributed by atoms with Gasteiger partial charge in [-0.05, 0) is 160 Å². The van der Waals surface area contributed by atoms with E-state index in [0.29, 0.717) is 11.8 Å². The zero-order valence-electron chi connectivity index (χ0n) is 38.9. The van der Waals surface area contributed by atoms with Crippen molar-refractivity contribution >= 4 is 56.1 Å². The molecule has 3 aliphatic rings. The molecule has 3 atom stereocenters. The fourth-order valence-electron chi connectivity index (χ4n) is 13.3. The van der Waals surface area contributed by atoms with Crippen LogP contribution in [0.15, 0.2) is 247 Å². The Hall–Kier alpha value is -8.40. The lowest BCUT2D eigenvalue weighted by Gasteiger charge is -2.40. The highest BCUT2D eigenvalue weighted by atomic mass is 16.3. The summed E-state index contributed by atoms with van der Waals surface area (Å²) in [5.41, 5.74) is 21.9. The molecule has 1 spiro atoms. The van der Waals surface area contributed by atoms with E-state index in [2.05, 4.69) is 252 Å². The van der Waals surface area contributed by atoms with E-state index in [1.54, 1.807) is 0 Å². The van der Waals surface area contributed by atoms with Gasteiger partial charge in [-0.3, -0.25) is 0 Å². The fraction of sp³-hybridized carbons (Fsp3) is 0.104. The molecule has 0 N–H and O–H groups in total. The standard InChI is InChI=1S/C67H50N2O/c1-5-18-45(19-6-1)56-29-17-30-57(46-20-7-2-8-21-46)64(56)47-34-38-54(39-35-47)69(55-40-41-59-58-28-13-14-33-62(58)70-63(59)44-55)61-32-16-23-49-43-51-37-36-50-42-48-22-15-31-60(65(48)67(50,51)66(49)61)68(52-24-9-3-10-25-52)53-26-11-4-12-27-53/h1-35,38-41,44,50-51H,36-37,42-43H2. The van der Waals surface area contributed by atoms with E-state index in [9.17, 15) is 0 Å². The van der Waals surface area contributed by atoms with Gasteiger partial charge in [0.15, 0.2) is 0 Å². The Morgan fingerprint density at radius 1 is 0.357 bits per heavy atom. The second-order valence-electron chi connectivity index (χ2n) is 19.5. The van der Waals surface area contributed by atoms with Gasteiger partial charge < -0.3 is 14.2 Å². The summed E-state index contributed by atoms with van der Waals surface area (Å²) in [6.07, 6.45) is 4.58. The molecule has 3 nitrogen and oxygen atoms in total. The van der Waals surface area contributed by atoms with Crippen LogP contribution in [0.2, 0.25) is 0 Å². The molecule has 3 aliphatic carbocycles. The zero-order valence-corrected chi connectivity index (χ0v) is 38.9. The SMILES string of the molecule is c1ccc(-c2cccc(-c3ccccc3)c2-c2ccc(N(c3ccc4c(c3)oc3ccccc34)c3cccc4c3C35c6c(cccc6N(c6ccccc6)c6ccccc6)CC3CCC5C4)cc2)cc1. The minimum atomic E-state index is -0.180. The largest absolute Gasteiger partial charge is 0.456 e. The normalized spacial score (nSPS) is 17.5. The van der Waals surface area contributed by atoms with Crippen LogP contribution in [0.1, 0.15) is 35.1 Å². The predicted octanol–water partition coefficient (Wildman–Crippen LogP) is 18.0. The molecule has 1 fully saturated rings. The number of fused-ring (bicyclic) bond motifs is 5. The van der Waals surface area contributed by atoms with Crippen molar-refractivity contribution in [1.82, 2.24) is 0 Å². The lowest BCUT2D eigenvalue weighted by atomic mass is 9.68. The Kier molecular flexibility index (Phi) is 9.52. The average Bonchev–Trinajstić information content (AvgIpc) is 4.17. The second-order valence-corrected chi connectivity index (χ2v) is 19.5. The lowest BCUT2D eigenvalue weighted by molar-refractivity contribution is 0.350. The molecule has 0 saturated heterocycles. The molecule has 14 rings (SSSR count). The summed E-state index contributed by atoms with van der Waals surface area (Å²) in [6.45, 7) is 0. The van der Waals surface area contributed by atoms with Crippen LogP contribution in [0, 0.1) is 11.8 Å². The number of hydrogen-bond acceptors (Lipinski definition) is 3. The maximum Gasteiger partial charge on any atom is 0.137 e. The molecule has 0 amide bonds. The van der Waals surface area contributed by atoms with E-state index >= 15 is 0 Å². The summed E-state index contributed by atoms with van der Waals surface area (Å²) in [6, 6.07) is 89.3. The van der Waals surface area contributed by atoms with Crippen molar-refractivity contribution in [1.29, 1.82) is 0 Å². The van der Waals surface area contributed by atoms with Gasteiger partial charge in [-0.15, -0.1) is 0 Å². The van der Waals surface area contributed by atoms with Crippen molar-refractivity contribution in [2.24, 2.45) is 11.8 Å². The molecule has 70 heavy (non-hydrogen) atoms. The van der Waals surface area contributed by atoms with E-state index in [0.717, 1.165) is 46.2 Å². The zero-order chi connectivity index (χ0) is 46.2. The predicted molar refractivity (Wildman–Crippen MR) is 290 cm³/mol. The van der Waals surface area contributed by atoms with Gasteiger partial charge in [0, 0.05) is 45.0 Å². The minimum Gasteiger partial charge on any atom is -0.456 e. The Bertz CT molecular complexity index is 3630. The number of para-hydroxylation sites is 3. The van der Waals surface area contributed by atoms with Gasteiger partial charge >= 0.3 is 0 Å². The van der Waals surface area contributed by atoms with E-state index in [4.69, 9.17) is 4.42 Å². The van der Waals surface area contributed by atoms with Crippen molar-refractivity contribution in [3.8, 4) is 33.4 Å². The molecule has 1 saturated carbocycles. The summed E-state index contributed by atoms with van der Waals surface area (Å²) in [5, 5.41) is 2.27. The topological polar surface area (TPSA) is 19.6 Å². The van der Waals surface area contributed by atoms with Crippen LogP contribution in [0.5, 0.6) is 0 Å². The van der Waals surface area contributed by atoms with Gasteiger partial charge in [0.2, 0.25) is 0 Å². The third-order valence-corrected chi connectivity index (χ3v) is 15.9. The summed E-state index contributed by atoms with van der Waals surface area (Å²) < 4.78 is 6.67. The molecule has 1 aromatic heterocycles. The lowest BCUT2D eigenvalue weighted by Crippen LogP contribution is -2.34. The molecule has 0 aliphatic heterocycles. The number of anilines is 6. The van der Waals surface area contributed by atoms with Crippen LogP contribution in [-0.2, 0) is 18.3 Å². The van der Waals surface area contributed by atoms with E-state index in [-0.39, 0.29) is 5.41 Å². The van der Waals surface area contributed by atoms with Crippen LogP contribution in [0.3, 0.4) is 0 Å². The minimum absolute atomic E-state index is 0.180. The van der Waals surface area contributed by atoms with Crippen LogP contribution < -0.4 is 9.80 Å². The van der Waals surface area contributed by atoms with Gasteiger partial charge in [-0.2, -0.15) is 0 Å². The average molecular weight is 899 g/mol. The van der Waals surface area contributed by atoms with Crippen molar-refractivity contribution in [2.45, 2.75) is 31.1 Å². The molecular weight excluding hydrogens is 849 g/mol. The van der Waals surface area contributed by atoms with Gasteiger partial charge in [0.05, 0.1) is 11.4 Å². The van der Waals surface area contributed by atoms with Crippen molar-refractivity contribution in [2.75, 3.05) is 9.80 Å². The molecule has 3 heteroatoms. The van der Waals surface area contributed by atoms with E-state index < -0.39 is 0 Å². The van der Waals surface area contributed by atoms with Crippen molar-refractivity contribution < 1.29 is 4.42 Å². The Morgan fingerprint density at radius 2 is 0.814 bits per heavy atom. The molecule has 334 valence electrons. The third-order valence-electron chi connectivity index (χ3n) is 15.9.